The summed E-state index contributed by atoms with van der Waals surface area (Å²) in [6, 6.07) is 16.6. The number of aryl methyl sites for hydroxylation is 1. The van der Waals surface area contributed by atoms with Gasteiger partial charge in [0.2, 0.25) is 0 Å². The Morgan fingerprint density at radius 3 is 2.42 bits per heavy atom. The Labute approximate surface area is 112 Å². The van der Waals surface area contributed by atoms with E-state index in [1.54, 1.807) is 0 Å². The van der Waals surface area contributed by atoms with Gasteiger partial charge in [0.15, 0.2) is 0 Å². The lowest BCUT2D eigenvalue weighted by Crippen LogP contribution is -2.05. The molecule has 1 atom stereocenters. The standard InChI is InChI=1S/C16H17N3/c1-11(17)13-7-9-14(10-8-13)19-12(2)18-15-5-3-4-6-16(15)19/h3-11H,17H2,1-2H3. The van der Waals surface area contributed by atoms with E-state index in [1.165, 1.54) is 0 Å². The molecule has 0 saturated carbocycles. The summed E-state index contributed by atoms with van der Waals surface area (Å²) < 4.78 is 2.17. The van der Waals surface area contributed by atoms with E-state index in [4.69, 9.17) is 5.73 Å². The molecular weight excluding hydrogens is 234 g/mol. The molecule has 3 rings (SSSR count). The summed E-state index contributed by atoms with van der Waals surface area (Å²) in [4.78, 5) is 4.59. The van der Waals surface area contributed by atoms with Gasteiger partial charge in [-0.1, -0.05) is 24.3 Å². The third-order valence-electron chi connectivity index (χ3n) is 3.41. The summed E-state index contributed by atoms with van der Waals surface area (Å²) in [6.07, 6.45) is 0. The zero-order valence-electron chi connectivity index (χ0n) is 11.2. The van der Waals surface area contributed by atoms with Crippen LogP contribution in [0.2, 0.25) is 0 Å². The fourth-order valence-electron chi connectivity index (χ4n) is 2.40. The quantitative estimate of drug-likeness (QED) is 0.759. The average molecular weight is 251 g/mol. The lowest BCUT2D eigenvalue weighted by Gasteiger charge is -2.10. The van der Waals surface area contributed by atoms with Gasteiger partial charge in [-0.15, -0.1) is 0 Å². The first-order chi connectivity index (χ1) is 9.16. The number of hydrogen-bond acceptors (Lipinski definition) is 2. The Balaban J connectivity index is 2.16. The summed E-state index contributed by atoms with van der Waals surface area (Å²) in [5.74, 6) is 0.995. The Hall–Kier alpha value is -2.13. The number of aromatic nitrogens is 2. The minimum Gasteiger partial charge on any atom is -0.324 e. The summed E-state index contributed by atoms with van der Waals surface area (Å²) in [7, 11) is 0. The Bertz CT molecular complexity index is 708. The largest absolute Gasteiger partial charge is 0.324 e. The van der Waals surface area contributed by atoms with Gasteiger partial charge >= 0.3 is 0 Å². The van der Waals surface area contributed by atoms with Crippen molar-refractivity contribution in [1.29, 1.82) is 0 Å². The van der Waals surface area contributed by atoms with Gasteiger partial charge in [0.05, 0.1) is 11.0 Å². The first-order valence-electron chi connectivity index (χ1n) is 6.47. The molecule has 0 amide bonds. The normalized spacial score (nSPS) is 12.8. The van der Waals surface area contributed by atoms with Gasteiger partial charge in [-0.3, -0.25) is 4.57 Å². The second kappa shape index (κ2) is 4.52. The fourth-order valence-corrected chi connectivity index (χ4v) is 2.40. The highest BCUT2D eigenvalue weighted by atomic mass is 15.1. The summed E-state index contributed by atoms with van der Waals surface area (Å²) in [5.41, 5.74) is 10.3. The lowest BCUT2D eigenvalue weighted by molar-refractivity contribution is 0.817. The number of imidazole rings is 1. The summed E-state index contributed by atoms with van der Waals surface area (Å²) in [5, 5.41) is 0. The fraction of sp³-hybridized carbons (Fsp3) is 0.188. The molecule has 3 heteroatoms. The molecule has 0 spiro atoms. The van der Waals surface area contributed by atoms with Crippen LogP contribution in [0, 0.1) is 6.92 Å². The van der Waals surface area contributed by atoms with Crippen LogP contribution in [0.25, 0.3) is 16.7 Å². The highest BCUT2D eigenvalue weighted by Gasteiger charge is 2.08. The summed E-state index contributed by atoms with van der Waals surface area (Å²) in [6.45, 7) is 4.02. The molecule has 0 fully saturated rings. The molecule has 1 unspecified atom stereocenters. The van der Waals surface area contributed by atoms with E-state index in [0.717, 1.165) is 28.1 Å². The maximum absolute atomic E-state index is 5.88. The number of hydrogen-bond donors (Lipinski definition) is 1. The smallest absolute Gasteiger partial charge is 0.111 e. The van der Waals surface area contributed by atoms with E-state index in [2.05, 4.69) is 39.9 Å². The van der Waals surface area contributed by atoms with Crippen LogP contribution >= 0.6 is 0 Å². The van der Waals surface area contributed by atoms with Crippen molar-refractivity contribution in [2.45, 2.75) is 19.9 Å². The molecule has 0 bridgehead atoms. The predicted molar refractivity (Wildman–Crippen MR) is 78.4 cm³/mol. The lowest BCUT2D eigenvalue weighted by atomic mass is 10.1. The molecule has 0 aliphatic heterocycles. The van der Waals surface area contributed by atoms with Gasteiger partial charge in [-0.2, -0.15) is 0 Å². The minimum absolute atomic E-state index is 0.0645. The number of nitrogens with zero attached hydrogens (tertiary/aromatic N) is 2. The van der Waals surface area contributed by atoms with Gasteiger partial charge in [-0.05, 0) is 43.7 Å². The van der Waals surface area contributed by atoms with Crippen molar-refractivity contribution in [3.05, 3.63) is 59.9 Å². The molecule has 1 heterocycles. The third kappa shape index (κ3) is 2.02. The molecule has 0 aliphatic carbocycles. The Morgan fingerprint density at radius 1 is 1.05 bits per heavy atom. The first-order valence-corrected chi connectivity index (χ1v) is 6.47. The molecule has 0 aliphatic rings. The van der Waals surface area contributed by atoms with Gasteiger partial charge < -0.3 is 5.73 Å². The molecule has 1 aromatic heterocycles. The van der Waals surface area contributed by atoms with Crippen LogP contribution in [0.15, 0.2) is 48.5 Å². The molecule has 19 heavy (non-hydrogen) atoms. The Morgan fingerprint density at radius 2 is 1.74 bits per heavy atom. The molecule has 0 radical (unpaired) electrons. The van der Waals surface area contributed by atoms with E-state index in [0.29, 0.717) is 0 Å². The zero-order chi connectivity index (χ0) is 13.4. The van der Waals surface area contributed by atoms with Crippen LogP contribution in [0.3, 0.4) is 0 Å². The molecule has 2 N–H and O–H groups in total. The van der Waals surface area contributed by atoms with Crippen molar-refractivity contribution in [2.24, 2.45) is 5.73 Å². The summed E-state index contributed by atoms with van der Waals surface area (Å²) >= 11 is 0. The molecule has 2 aromatic carbocycles. The second-order valence-corrected chi connectivity index (χ2v) is 4.86. The highest BCUT2D eigenvalue weighted by Crippen LogP contribution is 2.22. The van der Waals surface area contributed by atoms with E-state index < -0.39 is 0 Å². The van der Waals surface area contributed by atoms with Gasteiger partial charge in [0.25, 0.3) is 0 Å². The van der Waals surface area contributed by atoms with E-state index in [1.807, 2.05) is 32.0 Å². The maximum Gasteiger partial charge on any atom is 0.111 e. The molecule has 0 saturated heterocycles. The van der Waals surface area contributed by atoms with Crippen molar-refractivity contribution < 1.29 is 0 Å². The molecule has 96 valence electrons. The van der Waals surface area contributed by atoms with Crippen molar-refractivity contribution in [2.75, 3.05) is 0 Å². The van der Waals surface area contributed by atoms with Crippen LogP contribution in [-0.4, -0.2) is 9.55 Å². The monoisotopic (exact) mass is 251 g/mol. The van der Waals surface area contributed by atoms with Gasteiger partial charge in [0, 0.05) is 11.7 Å². The maximum atomic E-state index is 5.88. The van der Waals surface area contributed by atoms with E-state index in [9.17, 15) is 0 Å². The topological polar surface area (TPSA) is 43.8 Å². The minimum atomic E-state index is 0.0645. The van der Waals surface area contributed by atoms with Crippen LogP contribution in [-0.2, 0) is 0 Å². The van der Waals surface area contributed by atoms with Crippen LogP contribution < -0.4 is 5.73 Å². The first kappa shape index (κ1) is 11.9. The second-order valence-electron chi connectivity index (χ2n) is 4.86. The van der Waals surface area contributed by atoms with Crippen molar-refractivity contribution in [3.63, 3.8) is 0 Å². The molecular formula is C16H17N3. The van der Waals surface area contributed by atoms with Crippen LogP contribution in [0.1, 0.15) is 24.4 Å². The SMILES string of the molecule is Cc1nc2ccccc2n1-c1ccc(C(C)N)cc1. The predicted octanol–water partition coefficient (Wildman–Crippen LogP) is 3.35. The van der Waals surface area contributed by atoms with Crippen LogP contribution in [0.4, 0.5) is 0 Å². The number of para-hydroxylation sites is 2. The molecule has 3 aromatic rings. The molecule has 3 nitrogen and oxygen atoms in total. The van der Waals surface area contributed by atoms with Gasteiger partial charge in [-0.25, -0.2) is 4.98 Å². The van der Waals surface area contributed by atoms with Gasteiger partial charge in [0.1, 0.15) is 5.82 Å². The number of rotatable bonds is 2. The number of benzene rings is 2. The Kier molecular flexibility index (Phi) is 2.84. The zero-order valence-corrected chi connectivity index (χ0v) is 11.2. The van der Waals surface area contributed by atoms with E-state index >= 15 is 0 Å². The van der Waals surface area contributed by atoms with E-state index in [-0.39, 0.29) is 6.04 Å². The number of fused-ring (bicyclic) bond motifs is 1. The van der Waals surface area contributed by atoms with Crippen molar-refractivity contribution >= 4 is 11.0 Å². The van der Waals surface area contributed by atoms with Crippen molar-refractivity contribution in [3.8, 4) is 5.69 Å². The number of nitrogens with two attached hydrogens (primary N) is 1. The average Bonchev–Trinajstić information content (AvgIpc) is 2.74. The van der Waals surface area contributed by atoms with Crippen molar-refractivity contribution in [1.82, 2.24) is 9.55 Å². The third-order valence-corrected chi connectivity index (χ3v) is 3.41. The van der Waals surface area contributed by atoms with Crippen LogP contribution in [0.5, 0.6) is 0 Å². The highest BCUT2D eigenvalue weighted by molar-refractivity contribution is 5.78.